The van der Waals surface area contributed by atoms with E-state index in [1.807, 2.05) is 44.2 Å². The van der Waals surface area contributed by atoms with Crippen LogP contribution in [0.4, 0.5) is 0 Å². The number of rotatable bonds is 4. The Labute approximate surface area is 90.7 Å². The molecule has 0 fully saturated rings. The molecule has 15 heavy (non-hydrogen) atoms. The average molecular weight is 206 g/mol. The summed E-state index contributed by atoms with van der Waals surface area (Å²) < 4.78 is 0. The number of amides is 1. The van der Waals surface area contributed by atoms with Gasteiger partial charge in [-0.15, -0.1) is 0 Å². The van der Waals surface area contributed by atoms with Gasteiger partial charge in [0.15, 0.2) is 0 Å². The zero-order valence-corrected chi connectivity index (χ0v) is 9.23. The van der Waals surface area contributed by atoms with Crippen LogP contribution in [0, 0.1) is 5.92 Å². The number of hydrogen-bond acceptors (Lipinski definition) is 2. The molecule has 0 aliphatic rings. The molecule has 0 spiro atoms. The first kappa shape index (κ1) is 11.7. The molecule has 1 aromatic carbocycles. The molecule has 0 aliphatic carbocycles. The van der Waals surface area contributed by atoms with Crippen molar-refractivity contribution in [3.63, 3.8) is 0 Å². The standard InChI is InChI=1S/C12H18N2O/c1-9(10(2)13)12(15)14-8-11-6-4-3-5-7-11/h3-7,9-10H,8,13H2,1-2H3,(H,14,15). The average Bonchev–Trinajstić information content (AvgIpc) is 2.26. The molecule has 0 bridgehead atoms. The maximum Gasteiger partial charge on any atom is 0.224 e. The highest BCUT2D eigenvalue weighted by Gasteiger charge is 2.15. The minimum absolute atomic E-state index is 0.00820. The topological polar surface area (TPSA) is 55.1 Å². The monoisotopic (exact) mass is 206 g/mol. The van der Waals surface area contributed by atoms with E-state index in [2.05, 4.69) is 5.32 Å². The summed E-state index contributed by atoms with van der Waals surface area (Å²) in [5, 5.41) is 2.86. The lowest BCUT2D eigenvalue weighted by Crippen LogP contribution is -2.38. The second-order valence-electron chi connectivity index (χ2n) is 3.85. The van der Waals surface area contributed by atoms with Crippen LogP contribution in [-0.2, 0) is 11.3 Å². The third-order valence-electron chi connectivity index (χ3n) is 2.51. The van der Waals surface area contributed by atoms with Gasteiger partial charge in [-0.1, -0.05) is 37.3 Å². The summed E-state index contributed by atoms with van der Waals surface area (Å²) in [5.74, 6) is -0.137. The van der Waals surface area contributed by atoms with Gasteiger partial charge in [0, 0.05) is 18.5 Å². The molecule has 3 nitrogen and oxygen atoms in total. The van der Waals surface area contributed by atoms with Gasteiger partial charge in [0.2, 0.25) is 5.91 Å². The first-order valence-corrected chi connectivity index (χ1v) is 5.18. The lowest BCUT2D eigenvalue weighted by molar-refractivity contribution is -0.125. The lowest BCUT2D eigenvalue weighted by Gasteiger charge is -2.15. The van der Waals surface area contributed by atoms with Crippen molar-refractivity contribution in [1.82, 2.24) is 5.32 Å². The highest BCUT2D eigenvalue weighted by molar-refractivity contribution is 5.78. The predicted octanol–water partition coefficient (Wildman–Crippen LogP) is 1.29. The molecule has 1 amide bonds. The van der Waals surface area contributed by atoms with E-state index in [1.54, 1.807) is 0 Å². The summed E-state index contributed by atoms with van der Waals surface area (Å²) in [6.45, 7) is 4.24. The Morgan fingerprint density at radius 1 is 1.33 bits per heavy atom. The number of hydrogen-bond donors (Lipinski definition) is 2. The van der Waals surface area contributed by atoms with E-state index in [1.165, 1.54) is 0 Å². The molecule has 2 unspecified atom stereocenters. The van der Waals surface area contributed by atoms with E-state index in [0.29, 0.717) is 6.54 Å². The third kappa shape index (κ3) is 3.72. The Bertz CT molecular complexity index is 309. The van der Waals surface area contributed by atoms with Crippen LogP contribution in [0.3, 0.4) is 0 Å². The Kier molecular flexibility index (Phi) is 4.31. The number of nitrogens with two attached hydrogens (primary N) is 1. The van der Waals surface area contributed by atoms with Crippen molar-refractivity contribution in [3.05, 3.63) is 35.9 Å². The summed E-state index contributed by atoms with van der Waals surface area (Å²) in [6, 6.07) is 9.72. The molecule has 3 N–H and O–H groups in total. The zero-order valence-electron chi connectivity index (χ0n) is 9.23. The molecule has 1 aromatic rings. The van der Waals surface area contributed by atoms with Crippen LogP contribution < -0.4 is 11.1 Å². The Morgan fingerprint density at radius 3 is 2.47 bits per heavy atom. The van der Waals surface area contributed by atoms with Crippen molar-refractivity contribution in [1.29, 1.82) is 0 Å². The van der Waals surface area contributed by atoms with E-state index in [9.17, 15) is 4.79 Å². The van der Waals surface area contributed by atoms with Crippen LogP contribution in [-0.4, -0.2) is 11.9 Å². The van der Waals surface area contributed by atoms with E-state index in [4.69, 9.17) is 5.73 Å². The van der Waals surface area contributed by atoms with Crippen molar-refractivity contribution >= 4 is 5.91 Å². The highest BCUT2D eigenvalue weighted by atomic mass is 16.1. The Morgan fingerprint density at radius 2 is 1.93 bits per heavy atom. The van der Waals surface area contributed by atoms with Gasteiger partial charge in [-0.05, 0) is 12.5 Å². The van der Waals surface area contributed by atoms with Gasteiger partial charge in [-0.25, -0.2) is 0 Å². The highest BCUT2D eigenvalue weighted by Crippen LogP contribution is 2.02. The first-order valence-electron chi connectivity index (χ1n) is 5.18. The minimum Gasteiger partial charge on any atom is -0.352 e. The van der Waals surface area contributed by atoms with Crippen LogP contribution in [0.2, 0.25) is 0 Å². The van der Waals surface area contributed by atoms with E-state index in [-0.39, 0.29) is 17.9 Å². The fourth-order valence-corrected chi connectivity index (χ4v) is 1.18. The van der Waals surface area contributed by atoms with Gasteiger partial charge in [0.25, 0.3) is 0 Å². The van der Waals surface area contributed by atoms with Crippen LogP contribution >= 0.6 is 0 Å². The third-order valence-corrected chi connectivity index (χ3v) is 2.51. The number of benzene rings is 1. The molecule has 0 heterocycles. The summed E-state index contributed by atoms with van der Waals surface area (Å²) in [7, 11) is 0. The second kappa shape index (κ2) is 5.51. The van der Waals surface area contributed by atoms with E-state index in [0.717, 1.165) is 5.56 Å². The fraction of sp³-hybridized carbons (Fsp3) is 0.417. The molecule has 0 saturated heterocycles. The van der Waals surface area contributed by atoms with Crippen LogP contribution in [0.1, 0.15) is 19.4 Å². The summed E-state index contributed by atoms with van der Waals surface area (Å²) >= 11 is 0. The molecule has 3 heteroatoms. The van der Waals surface area contributed by atoms with Crippen molar-refractivity contribution in [2.24, 2.45) is 11.7 Å². The molecule has 0 aliphatic heterocycles. The molecule has 0 aromatic heterocycles. The lowest BCUT2D eigenvalue weighted by atomic mass is 10.0. The Hall–Kier alpha value is -1.35. The first-order chi connectivity index (χ1) is 7.11. The van der Waals surface area contributed by atoms with Crippen molar-refractivity contribution in [2.75, 3.05) is 0 Å². The maximum atomic E-state index is 11.6. The smallest absolute Gasteiger partial charge is 0.224 e. The maximum absolute atomic E-state index is 11.6. The van der Waals surface area contributed by atoms with Gasteiger partial charge in [0.05, 0.1) is 0 Å². The number of carbonyl (C=O) groups excluding carboxylic acids is 1. The predicted molar refractivity (Wildman–Crippen MR) is 61.1 cm³/mol. The summed E-state index contributed by atoms with van der Waals surface area (Å²) in [5.41, 5.74) is 6.74. The van der Waals surface area contributed by atoms with E-state index < -0.39 is 0 Å². The van der Waals surface area contributed by atoms with Crippen molar-refractivity contribution < 1.29 is 4.79 Å². The zero-order chi connectivity index (χ0) is 11.3. The Balaban J connectivity index is 2.41. The molecule has 1 rings (SSSR count). The minimum atomic E-state index is -0.145. The molecular formula is C12H18N2O. The number of carbonyl (C=O) groups is 1. The molecule has 82 valence electrons. The second-order valence-corrected chi connectivity index (χ2v) is 3.85. The van der Waals surface area contributed by atoms with Gasteiger partial charge in [0.1, 0.15) is 0 Å². The fourth-order valence-electron chi connectivity index (χ4n) is 1.18. The van der Waals surface area contributed by atoms with Crippen molar-refractivity contribution in [2.45, 2.75) is 26.4 Å². The SMILES string of the molecule is CC(N)C(C)C(=O)NCc1ccccc1. The van der Waals surface area contributed by atoms with Gasteiger partial charge >= 0.3 is 0 Å². The normalized spacial score (nSPS) is 14.3. The molecule has 2 atom stereocenters. The largest absolute Gasteiger partial charge is 0.352 e. The molecule has 0 saturated carbocycles. The van der Waals surface area contributed by atoms with Gasteiger partial charge in [-0.3, -0.25) is 4.79 Å². The number of nitrogens with one attached hydrogen (secondary N) is 1. The van der Waals surface area contributed by atoms with Gasteiger partial charge < -0.3 is 11.1 Å². The molecular weight excluding hydrogens is 188 g/mol. The van der Waals surface area contributed by atoms with Gasteiger partial charge in [-0.2, -0.15) is 0 Å². The molecule has 0 radical (unpaired) electrons. The van der Waals surface area contributed by atoms with Crippen LogP contribution in [0.25, 0.3) is 0 Å². The van der Waals surface area contributed by atoms with Crippen molar-refractivity contribution in [3.8, 4) is 0 Å². The summed E-state index contributed by atoms with van der Waals surface area (Å²) in [6.07, 6.45) is 0. The van der Waals surface area contributed by atoms with Crippen LogP contribution in [0.15, 0.2) is 30.3 Å². The van der Waals surface area contributed by atoms with Crippen LogP contribution in [0.5, 0.6) is 0 Å². The van der Waals surface area contributed by atoms with E-state index >= 15 is 0 Å². The quantitative estimate of drug-likeness (QED) is 0.780. The summed E-state index contributed by atoms with van der Waals surface area (Å²) in [4.78, 5) is 11.6.